The lowest BCUT2D eigenvalue weighted by atomic mass is 10.4. The first-order valence-electron chi connectivity index (χ1n) is 6.00. The zero-order valence-electron chi connectivity index (χ0n) is 11.2. The Kier molecular flexibility index (Phi) is 4.30. The average Bonchev–Trinajstić information content (AvgIpc) is 2.84. The Morgan fingerprint density at radius 2 is 1.95 bits per heavy atom. The molecule has 0 atom stereocenters. The molecule has 0 aliphatic rings. The van der Waals surface area contributed by atoms with Crippen LogP contribution < -0.4 is 10.0 Å². The number of aromatic nitrogens is 4. The zero-order chi connectivity index (χ0) is 14.6. The number of nitrogens with zero attached hydrogens (tertiary/aromatic N) is 4. The second kappa shape index (κ2) is 5.97. The third kappa shape index (κ3) is 3.52. The quantitative estimate of drug-likeness (QED) is 0.778. The number of hydrogen-bond donors (Lipinski definition) is 2. The highest BCUT2D eigenvalue weighted by molar-refractivity contribution is 7.89. The van der Waals surface area contributed by atoms with E-state index in [1.807, 2.05) is 13.1 Å². The van der Waals surface area contributed by atoms with Crippen LogP contribution in [-0.4, -0.2) is 41.8 Å². The molecule has 0 fully saturated rings. The summed E-state index contributed by atoms with van der Waals surface area (Å²) in [6.07, 6.45) is 6.09. The van der Waals surface area contributed by atoms with Crippen LogP contribution in [0, 0.1) is 6.92 Å². The van der Waals surface area contributed by atoms with E-state index in [-0.39, 0.29) is 11.4 Å². The number of nitrogens with one attached hydrogen (secondary N) is 2. The lowest BCUT2D eigenvalue weighted by molar-refractivity contribution is 0.560. The molecular formula is C11H16N6O2S. The maximum absolute atomic E-state index is 12.0. The van der Waals surface area contributed by atoms with Crippen molar-refractivity contribution in [3.8, 4) is 0 Å². The molecule has 0 bridgehead atoms. The maximum Gasteiger partial charge on any atom is 0.243 e. The fourth-order valence-corrected chi connectivity index (χ4v) is 2.46. The van der Waals surface area contributed by atoms with Gasteiger partial charge < -0.3 is 5.32 Å². The van der Waals surface area contributed by atoms with Crippen LogP contribution in [0.15, 0.2) is 29.7 Å². The van der Waals surface area contributed by atoms with Crippen molar-refractivity contribution < 1.29 is 8.42 Å². The van der Waals surface area contributed by atoms with Crippen LogP contribution in [0.3, 0.4) is 0 Å². The predicted molar refractivity (Wildman–Crippen MR) is 73.7 cm³/mol. The standard InChI is InChI=1S/C11H16N6O2S/c1-9-5-15-17(8-9)4-3-16-20(18,19)10-6-13-11(12-2)14-7-10/h5-8,16H,3-4H2,1-2H3,(H,12,13,14). The summed E-state index contributed by atoms with van der Waals surface area (Å²) in [4.78, 5) is 7.78. The summed E-state index contributed by atoms with van der Waals surface area (Å²) in [5, 5.41) is 6.80. The minimum absolute atomic E-state index is 0.0353. The van der Waals surface area contributed by atoms with Crippen molar-refractivity contribution in [1.82, 2.24) is 24.5 Å². The van der Waals surface area contributed by atoms with Crippen LogP contribution in [0.25, 0.3) is 0 Å². The van der Waals surface area contributed by atoms with Crippen molar-refractivity contribution in [2.24, 2.45) is 0 Å². The molecule has 2 heterocycles. The summed E-state index contributed by atoms with van der Waals surface area (Å²) in [6, 6.07) is 0. The van der Waals surface area contributed by atoms with Crippen LogP contribution in [0.2, 0.25) is 0 Å². The molecule has 0 spiro atoms. The Balaban J connectivity index is 1.96. The van der Waals surface area contributed by atoms with E-state index in [4.69, 9.17) is 0 Å². The predicted octanol–water partition coefficient (Wildman–Crippen LogP) is 0.00172. The highest BCUT2D eigenvalue weighted by Crippen LogP contribution is 2.06. The fourth-order valence-electron chi connectivity index (χ4n) is 1.55. The number of hydrogen-bond acceptors (Lipinski definition) is 6. The van der Waals surface area contributed by atoms with Crippen molar-refractivity contribution in [1.29, 1.82) is 0 Å². The van der Waals surface area contributed by atoms with Gasteiger partial charge in [-0.25, -0.2) is 23.1 Å². The molecule has 0 aliphatic heterocycles. The Hall–Kier alpha value is -2.00. The SMILES string of the molecule is CNc1ncc(S(=O)(=O)NCCn2cc(C)cn2)cn1. The van der Waals surface area contributed by atoms with E-state index < -0.39 is 10.0 Å². The summed E-state index contributed by atoms with van der Waals surface area (Å²) in [6.45, 7) is 2.63. The highest BCUT2D eigenvalue weighted by atomic mass is 32.2. The Morgan fingerprint density at radius 3 is 2.50 bits per heavy atom. The van der Waals surface area contributed by atoms with E-state index in [9.17, 15) is 8.42 Å². The Bertz CT molecular complexity index is 664. The van der Waals surface area contributed by atoms with Crippen LogP contribution in [0.4, 0.5) is 5.95 Å². The van der Waals surface area contributed by atoms with Gasteiger partial charge in [0.05, 0.1) is 25.1 Å². The lowest BCUT2D eigenvalue weighted by Crippen LogP contribution is -2.27. The van der Waals surface area contributed by atoms with Gasteiger partial charge >= 0.3 is 0 Å². The fraction of sp³-hybridized carbons (Fsp3) is 0.364. The second-order valence-electron chi connectivity index (χ2n) is 4.17. The summed E-state index contributed by atoms with van der Waals surface area (Å²) in [5.74, 6) is 0.371. The van der Waals surface area contributed by atoms with E-state index in [2.05, 4.69) is 25.1 Å². The summed E-state index contributed by atoms with van der Waals surface area (Å²) >= 11 is 0. The molecule has 0 aromatic carbocycles. The maximum atomic E-state index is 12.0. The molecule has 20 heavy (non-hydrogen) atoms. The first kappa shape index (κ1) is 14.4. The van der Waals surface area contributed by atoms with Gasteiger partial charge in [-0.1, -0.05) is 0 Å². The Labute approximate surface area is 117 Å². The largest absolute Gasteiger partial charge is 0.357 e. The van der Waals surface area contributed by atoms with Crippen LogP contribution in [-0.2, 0) is 16.6 Å². The molecule has 9 heteroatoms. The van der Waals surface area contributed by atoms with Crippen molar-refractivity contribution >= 4 is 16.0 Å². The van der Waals surface area contributed by atoms with Crippen LogP contribution >= 0.6 is 0 Å². The highest BCUT2D eigenvalue weighted by Gasteiger charge is 2.14. The van der Waals surface area contributed by atoms with Gasteiger partial charge in [0.2, 0.25) is 16.0 Å². The van der Waals surface area contributed by atoms with Crippen molar-refractivity contribution in [2.45, 2.75) is 18.4 Å². The van der Waals surface area contributed by atoms with Crippen LogP contribution in [0.1, 0.15) is 5.56 Å². The van der Waals surface area contributed by atoms with Gasteiger partial charge in [0.1, 0.15) is 4.90 Å². The van der Waals surface area contributed by atoms with Gasteiger partial charge in [-0.2, -0.15) is 5.10 Å². The van der Waals surface area contributed by atoms with E-state index >= 15 is 0 Å². The molecule has 0 saturated heterocycles. The van der Waals surface area contributed by atoms with Crippen molar-refractivity contribution in [3.63, 3.8) is 0 Å². The first-order valence-corrected chi connectivity index (χ1v) is 7.48. The van der Waals surface area contributed by atoms with Gasteiger partial charge in [-0.3, -0.25) is 4.68 Å². The molecule has 0 radical (unpaired) electrons. The van der Waals surface area contributed by atoms with E-state index in [1.165, 1.54) is 12.4 Å². The van der Waals surface area contributed by atoms with Gasteiger partial charge in [0.15, 0.2) is 0 Å². The second-order valence-corrected chi connectivity index (χ2v) is 5.94. The number of sulfonamides is 1. The smallest absolute Gasteiger partial charge is 0.243 e. The van der Waals surface area contributed by atoms with Crippen LogP contribution in [0.5, 0.6) is 0 Å². The monoisotopic (exact) mass is 296 g/mol. The van der Waals surface area contributed by atoms with Gasteiger partial charge in [-0.15, -0.1) is 0 Å². The minimum atomic E-state index is -3.59. The molecule has 8 nitrogen and oxygen atoms in total. The summed E-state index contributed by atoms with van der Waals surface area (Å²) in [5.41, 5.74) is 1.03. The Morgan fingerprint density at radius 1 is 1.25 bits per heavy atom. The molecule has 0 amide bonds. The zero-order valence-corrected chi connectivity index (χ0v) is 12.1. The van der Waals surface area contributed by atoms with Gasteiger partial charge in [0, 0.05) is 19.8 Å². The van der Waals surface area contributed by atoms with Crippen molar-refractivity contribution in [3.05, 3.63) is 30.4 Å². The molecule has 0 aliphatic carbocycles. The third-order valence-electron chi connectivity index (χ3n) is 2.56. The summed E-state index contributed by atoms with van der Waals surface area (Å²) in [7, 11) is -1.93. The number of aryl methyl sites for hydroxylation is 1. The first-order chi connectivity index (χ1) is 9.51. The van der Waals surface area contributed by atoms with Gasteiger partial charge in [-0.05, 0) is 12.5 Å². The molecule has 2 rings (SSSR count). The topological polar surface area (TPSA) is 102 Å². The lowest BCUT2D eigenvalue weighted by Gasteiger charge is -2.06. The normalized spacial score (nSPS) is 11.5. The third-order valence-corrected chi connectivity index (χ3v) is 3.97. The number of anilines is 1. The molecular weight excluding hydrogens is 280 g/mol. The molecule has 0 saturated carbocycles. The van der Waals surface area contributed by atoms with E-state index in [0.717, 1.165) is 5.56 Å². The van der Waals surface area contributed by atoms with E-state index in [1.54, 1.807) is 17.9 Å². The molecule has 2 N–H and O–H groups in total. The average molecular weight is 296 g/mol. The minimum Gasteiger partial charge on any atom is -0.357 e. The summed E-state index contributed by atoms with van der Waals surface area (Å²) < 4.78 is 28.1. The van der Waals surface area contributed by atoms with Gasteiger partial charge in [0.25, 0.3) is 0 Å². The molecule has 108 valence electrons. The molecule has 2 aromatic heterocycles. The van der Waals surface area contributed by atoms with E-state index in [0.29, 0.717) is 12.5 Å². The molecule has 2 aromatic rings. The molecule has 0 unspecified atom stereocenters. The number of rotatable bonds is 6. The van der Waals surface area contributed by atoms with Crippen molar-refractivity contribution in [2.75, 3.05) is 18.9 Å².